The maximum absolute atomic E-state index is 12.3. The summed E-state index contributed by atoms with van der Waals surface area (Å²) in [7, 11) is 2.20. The standard InChI is InChI=1S/C24H27N3O2/c1-26-11-3-5-20(14-26)18-4-2-6-21(12-18)27-16-25-22-13-19(9-10-23(22)27)24(28)29-15-17-7-8-17/h2,4,6,9-10,12-13,16-17,20H,3,5,7-8,11,14-15H2,1H3. The normalized spacial score (nSPS) is 20.1. The van der Waals surface area contributed by atoms with Crippen LogP contribution in [0.5, 0.6) is 0 Å². The van der Waals surface area contributed by atoms with Crippen molar-refractivity contribution in [3.05, 3.63) is 59.9 Å². The lowest BCUT2D eigenvalue weighted by Crippen LogP contribution is -2.30. The van der Waals surface area contributed by atoms with Gasteiger partial charge in [-0.05, 0) is 87.0 Å². The van der Waals surface area contributed by atoms with Gasteiger partial charge in [0.1, 0.15) is 6.33 Å². The van der Waals surface area contributed by atoms with Gasteiger partial charge in [-0.2, -0.15) is 0 Å². The van der Waals surface area contributed by atoms with Crippen molar-refractivity contribution in [1.29, 1.82) is 0 Å². The molecule has 5 nitrogen and oxygen atoms in total. The van der Waals surface area contributed by atoms with Gasteiger partial charge in [-0.3, -0.25) is 4.57 Å². The van der Waals surface area contributed by atoms with Crippen LogP contribution < -0.4 is 0 Å². The Morgan fingerprint density at radius 1 is 1.17 bits per heavy atom. The number of rotatable bonds is 5. The van der Waals surface area contributed by atoms with Crippen molar-refractivity contribution < 1.29 is 9.53 Å². The summed E-state index contributed by atoms with van der Waals surface area (Å²) < 4.78 is 7.51. The fourth-order valence-electron chi connectivity index (χ4n) is 4.27. The molecule has 1 atom stereocenters. The van der Waals surface area contributed by atoms with E-state index in [0.29, 0.717) is 24.0 Å². The molecule has 2 fully saturated rings. The number of aromatic nitrogens is 2. The molecule has 1 saturated heterocycles. The van der Waals surface area contributed by atoms with E-state index in [1.807, 2.05) is 24.5 Å². The van der Waals surface area contributed by atoms with Crippen molar-refractivity contribution in [3.63, 3.8) is 0 Å². The summed E-state index contributed by atoms with van der Waals surface area (Å²) in [6, 6.07) is 14.4. The predicted molar refractivity (Wildman–Crippen MR) is 114 cm³/mol. The molecule has 2 aromatic carbocycles. The highest BCUT2D eigenvalue weighted by molar-refractivity contribution is 5.94. The summed E-state index contributed by atoms with van der Waals surface area (Å²) in [6.07, 6.45) is 6.68. The van der Waals surface area contributed by atoms with Gasteiger partial charge in [0.05, 0.1) is 23.2 Å². The zero-order valence-electron chi connectivity index (χ0n) is 16.9. The van der Waals surface area contributed by atoms with Crippen molar-refractivity contribution in [2.45, 2.75) is 31.6 Å². The Labute approximate surface area is 171 Å². The zero-order valence-corrected chi connectivity index (χ0v) is 16.9. The summed E-state index contributed by atoms with van der Waals surface area (Å²) in [4.78, 5) is 19.2. The molecule has 1 saturated carbocycles. The topological polar surface area (TPSA) is 47.4 Å². The second-order valence-corrected chi connectivity index (χ2v) is 8.56. The molecule has 29 heavy (non-hydrogen) atoms. The van der Waals surface area contributed by atoms with Gasteiger partial charge in [0.15, 0.2) is 0 Å². The van der Waals surface area contributed by atoms with Crippen molar-refractivity contribution in [1.82, 2.24) is 14.5 Å². The molecule has 0 spiro atoms. The molecule has 3 aromatic rings. The number of likely N-dealkylation sites (N-methyl/N-ethyl adjacent to an activating group) is 1. The van der Waals surface area contributed by atoms with Crippen LogP contribution in [0.3, 0.4) is 0 Å². The SMILES string of the molecule is CN1CCCC(c2cccc(-n3cnc4cc(C(=O)OCC5CC5)ccc43)c2)C1. The Morgan fingerprint density at radius 2 is 2.07 bits per heavy atom. The average Bonchev–Trinajstić information content (AvgIpc) is 3.49. The molecular weight excluding hydrogens is 362 g/mol. The maximum atomic E-state index is 12.3. The number of ether oxygens (including phenoxy) is 1. The average molecular weight is 389 g/mol. The maximum Gasteiger partial charge on any atom is 0.338 e. The molecule has 1 unspecified atom stereocenters. The van der Waals surface area contributed by atoms with Crippen molar-refractivity contribution in [2.75, 3.05) is 26.7 Å². The van der Waals surface area contributed by atoms with Crippen LogP contribution in [0.2, 0.25) is 0 Å². The Morgan fingerprint density at radius 3 is 2.90 bits per heavy atom. The molecule has 1 aliphatic heterocycles. The second kappa shape index (κ2) is 7.64. The van der Waals surface area contributed by atoms with Crippen molar-refractivity contribution in [2.24, 2.45) is 5.92 Å². The molecule has 1 aliphatic carbocycles. The highest BCUT2D eigenvalue weighted by Gasteiger charge is 2.23. The first kappa shape index (κ1) is 18.4. The number of benzene rings is 2. The van der Waals surface area contributed by atoms with Crippen LogP contribution in [0.25, 0.3) is 16.7 Å². The van der Waals surface area contributed by atoms with E-state index < -0.39 is 0 Å². The van der Waals surface area contributed by atoms with Gasteiger partial charge in [0.2, 0.25) is 0 Å². The smallest absolute Gasteiger partial charge is 0.338 e. The molecular formula is C24H27N3O2. The number of carbonyl (C=O) groups excluding carboxylic acids is 1. The first-order valence-corrected chi connectivity index (χ1v) is 10.6. The van der Waals surface area contributed by atoms with Crippen LogP contribution >= 0.6 is 0 Å². The van der Waals surface area contributed by atoms with E-state index in [9.17, 15) is 4.79 Å². The third-order valence-corrected chi connectivity index (χ3v) is 6.17. The van der Waals surface area contributed by atoms with E-state index in [4.69, 9.17) is 4.74 Å². The molecule has 0 bridgehead atoms. The van der Waals surface area contributed by atoms with Gasteiger partial charge in [0.25, 0.3) is 0 Å². The predicted octanol–water partition coefficient (Wildman–Crippen LogP) is 4.40. The van der Waals surface area contributed by atoms with Gasteiger partial charge in [-0.1, -0.05) is 12.1 Å². The van der Waals surface area contributed by atoms with Crippen molar-refractivity contribution in [3.8, 4) is 5.69 Å². The number of likely N-dealkylation sites (tertiary alicyclic amines) is 1. The number of fused-ring (bicyclic) bond motifs is 1. The van der Waals surface area contributed by atoms with E-state index in [1.54, 1.807) is 0 Å². The van der Waals surface area contributed by atoms with E-state index in [1.165, 1.54) is 37.8 Å². The van der Waals surface area contributed by atoms with Gasteiger partial charge >= 0.3 is 5.97 Å². The highest BCUT2D eigenvalue weighted by Crippen LogP contribution is 2.30. The van der Waals surface area contributed by atoms with Crippen LogP contribution in [0.1, 0.15) is 47.5 Å². The molecule has 150 valence electrons. The minimum Gasteiger partial charge on any atom is -0.462 e. The van der Waals surface area contributed by atoms with Gasteiger partial charge in [0, 0.05) is 12.2 Å². The van der Waals surface area contributed by atoms with Crippen molar-refractivity contribution >= 4 is 17.0 Å². The van der Waals surface area contributed by atoms with E-state index in [-0.39, 0.29) is 5.97 Å². The lowest BCUT2D eigenvalue weighted by molar-refractivity contribution is 0.0486. The summed E-state index contributed by atoms with van der Waals surface area (Å²) in [6.45, 7) is 2.84. The van der Waals surface area contributed by atoms with E-state index in [0.717, 1.165) is 23.3 Å². The first-order valence-electron chi connectivity index (χ1n) is 10.6. The van der Waals surface area contributed by atoms with Crippen LogP contribution in [-0.2, 0) is 4.74 Å². The number of piperidine rings is 1. The van der Waals surface area contributed by atoms with Crippen LogP contribution in [0.15, 0.2) is 48.8 Å². The fourth-order valence-corrected chi connectivity index (χ4v) is 4.27. The number of imidazole rings is 1. The summed E-state index contributed by atoms with van der Waals surface area (Å²) in [5.74, 6) is 0.895. The third kappa shape index (κ3) is 3.92. The largest absolute Gasteiger partial charge is 0.462 e. The van der Waals surface area contributed by atoms with Crippen LogP contribution in [-0.4, -0.2) is 47.2 Å². The Hall–Kier alpha value is -2.66. The third-order valence-electron chi connectivity index (χ3n) is 6.17. The summed E-state index contributed by atoms with van der Waals surface area (Å²) >= 11 is 0. The van der Waals surface area contributed by atoms with Crippen LogP contribution in [0, 0.1) is 5.92 Å². The van der Waals surface area contributed by atoms with Crippen LogP contribution in [0.4, 0.5) is 0 Å². The summed E-state index contributed by atoms with van der Waals surface area (Å²) in [5.41, 5.74) is 4.89. The molecule has 2 heterocycles. The van der Waals surface area contributed by atoms with E-state index in [2.05, 4.69) is 45.8 Å². The number of nitrogens with zero attached hydrogens (tertiary/aromatic N) is 3. The number of hydrogen-bond donors (Lipinski definition) is 0. The zero-order chi connectivity index (χ0) is 19.8. The molecule has 0 radical (unpaired) electrons. The lowest BCUT2D eigenvalue weighted by Gasteiger charge is -2.30. The highest BCUT2D eigenvalue weighted by atomic mass is 16.5. The van der Waals surface area contributed by atoms with Gasteiger partial charge < -0.3 is 9.64 Å². The quantitative estimate of drug-likeness (QED) is 0.607. The molecule has 0 amide bonds. The van der Waals surface area contributed by atoms with Gasteiger partial charge in [-0.15, -0.1) is 0 Å². The summed E-state index contributed by atoms with van der Waals surface area (Å²) in [5, 5.41) is 0. The second-order valence-electron chi connectivity index (χ2n) is 8.56. The molecule has 5 heteroatoms. The first-order chi connectivity index (χ1) is 14.2. The van der Waals surface area contributed by atoms with Gasteiger partial charge in [-0.25, -0.2) is 9.78 Å². The monoisotopic (exact) mass is 389 g/mol. The molecule has 0 N–H and O–H groups in total. The molecule has 5 rings (SSSR count). The number of carbonyl (C=O) groups is 1. The molecule has 1 aromatic heterocycles. The Balaban J connectivity index is 1.40. The number of esters is 1. The molecule has 2 aliphatic rings. The lowest BCUT2D eigenvalue weighted by atomic mass is 9.90. The number of hydrogen-bond acceptors (Lipinski definition) is 4. The Kier molecular flexibility index (Phi) is 4.84. The minimum absolute atomic E-state index is 0.253. The van der Waals surface area contributed by atoms with E-state index >= 15 is 0 Å². The Bertz CT molecular complexity index is 1040. The minimum atomic E-state index is -0.253. The fraction of sp³-hybridized carbons (Fsp3) is 0.417.